The van der Waals surface area contributed by atoms with Crippen LogP contribution in [0.1, 0.15) is 78.1 Å². The maximum absolute atomic E-state index is 11.4. The zero-order valence-corrected chi connectivity index (χ0v) is 15.8. The number of fused-ring (bicyclic) bond motifs is 5. The first-order chi connectivity index (χ1) is 10.8. The summed E-state index contributed by atoms with van der Waals surface area (Å²) in [4.78, 5) is 2.13. The third kappa shape index (κ3) is 2.00. The van der Waals surface area contributed by atoms with E-state index < -0.39 is 5.72 Å². The lowest BCUT2D eigenvalue weighted by atomic mass is 9.45. The van der Waals surface area contributed by atoms with Gasteiger partial charge < -0.3 is 5.11 Å². The quantitative estimate of drug-likeness (QED) is 0.710. The van der Waals surface area contributed by atoms with Crippen LogP contribution in [-0.2, 0) is 0 Å². The van der Waals surface area contributed by atoms with Gasteiger partial charge in [0, 0.05) is 5.41 Å². The minimum atomic E-state index is -0.576. The molecule has 4 fully saturated rings. The summed E-state index contributed by atoms with van der Waals surface area (Å²) < 4.78 is 0. The maximum Gasteiger partial charge on any atom is 0.123 e. The summed E-state index contributed by atoms with van der Waals surface area (Å²) in [5.74, 6) is 3.55. The van der Waals surface area contributed by atoms with E-state index in [1.165, 1.54) is 57.8 Å². The highest BCUT2D eigenvalue weighted by Crippen LogP contribution is 2.68. The molecule has 2 nitrogen and oxygen atoms in total. The third-order valence-electron chi connectivity index (χ3n) is 9.43. The molecule has 4 aliphatic carbocycles. The van der Waals surface area contributed by atoms with Crippen molar-refractivity contribution in [3.05, 3.63) is 0 Å². The monoisotopic (exact) mass is 319 g/mol. The Bertz CT molecular complexity index is 476. The van der Waals surface area contributed by atoms with Crippen LogP contribution in [0, 0.1) is 34.5 Å². The molecule has 0 spiro atoms. The van der Waals surface area contributed by atoms with Gasteiger partial charge in [0.15, 0.2) is 0 Å². The first-order valence-electron chi connectivity index (χ1n) is 10.2. The normalized spacial score (nSPS) is 56.1. The summed E-state index contributed by atoms with van der Waals surface area (Å²) in [7, 11) is 4.16. The van der Waals surface area contributed by atoms with Gasteiger partial charge in [-0.2, -0.15) is 0 Å². The van der Waals surface area contributed by atoms with Crippen LogP contribution in [0.15, 0.2) is 0 Å². The lowest BCUT2D eigenvalue weighted by Crippen LogP contribution is -2.60. The highest BCUT2D eigenvalue weighted by Gasteiger charge is 2.65. The van der Waals surface area contributed by atoms with Crippen molar-refractivity contribution >= 4 is 0 Å². The van der Waals surface area contributed by atoms with E-state index in [4.69, 9.17) is 0 Å². The van der Waals surface area contributed by atoms with Crippen molar-refractivity contribution in [1.82, 2.24) is 4.90 Å². The van der Waals surface area contributed by atoms with Crippen molar-refractivity contribution < 1.29 is 5.11 Å². The molecule has 23 heavy (non-hydrogen) atoms. The summed E-state index contributed by atoms with van der Waals surface area (Å²) in [5.41, 5.74) is 0.143. The predicted molar refractivity (Wildman–Crippen MR) is 95.0 cm³/mol. The Balaban J connectivity index is 1.65. The molecular weight excluding hydrogens is 282 g/mol. The second-order valence-electron chi connectivity index (χ2n) is 10.1. The van der Waals surface area contributed by atoms with Crippen LogP contribution >= 0.6 is 0 Å². The van der Waals surface area contributed by atoms with Crippen LogP contribution < -0.4 is 0 Å². The van der Waals surface area contributed by atoms with Crippen molar-refractivity contribution in [3.63, 3.8) is 0 Å². The van der Waals surface area contributed by atoms with Gasteiger partial charge in [0.05, 0.1) is 0 Å². The van der Waals surface area contributed by atoms with Crippen LogP contribution in [0.3, 0.4) is 0 Å². The second-order valence-corrected chi connectivity index (χ2v) is 10.1. The maximum atomic E-state index is 11.4. The van der Waals surface area contributed by atoms with Gasteiger partial charge in [-0.15, -0.1) is 0 Å². The van der Waals surface area contributed by atoms with Crippen molar-refractivity contribution in [1.29, 1.82) is 0 Å². The fourth-order valence-corrected chi connectivity index (χ4v) is 8.02. The fourth-order valence-electron chi connectivity index (χ4n) is 8.02. The van der Waals surface area contributed by atoms with Crippen LogP contribution in [0.5, 0.6) is 0 Å². The minimum absolute atomic E-state index is 0.107. The zero-order valence-electron chi connectivity index (χ0n) is 15.8. The molecular formula is C21H37NO. The minimum Gasteiger partial charge on any atom is -0.375 e. The van der Waals surface area contributed by atoms with E-state index in [9.17, 15) is 5.11 Å². The molecule has 0 heterocycles. The molecule has 2 heteroatoms. The number of rotatable bonds is 1. The second kappa shape index (κ2) is 5.21. The molecule has 1 N–H and O–H groups in total. The Hall–Kier alpha value is -0.0800. The Labute approximate surface area is 143 Å². The molecule has 4 rings (SSSR count). The number of hydrogen-bond acceptors (Lipinski definition) is 2. The molecule has 0 aromatic heterocycles. The summed E-state index contributed by atoms with van der Waals surface area (Å²) in [6.07, 6.45) is 13.6. The SMILES string of the molecule is CN(C)C1(O)CC[C@H]2[C@@H]3CCC4CCCC[C@]4(C)[C@@H]3CC[C@@]21C. The predicted octanol–water partition coefficient (Wildman–Crippen LogP) is 4.67. The molecule has 0 aromatic rings. The van der Waals surface area contributed by atoms with Crippen LogP contribution in [-0.4, -0.2) is 29.8 Å². The molecule has 4 aliphatic rings. The lowest BCUT2D eigenvalue weighted by Gasteiger charge is -2.61. The van der Waals surface area contributed by atoms with Gasteiger partial charge in [0.2, 0.25) is 0 Å². The van der Waals surface area contributed by atoms with Crippen molar-refractivity contribution in [2.75, 3.05) is 14.1 Å². The number of aliphatic hydroxyl groups is 1. The van der Waals surface area contributed by atoms with Crippen LogP contribution in [0.4, 0.5) is 0 Å². The van der Waals surface area contributed by atoms with Crippen molar-refractivity contribution in [2.24, 2.45) is 34.5 Å². The average molecular weight is 320 g/mol. The van der Waals surface area contributed by atoms with Crippen molar-refractivity contribution in [3.8, 4) is 0 Å². The Kier molecular flexibility index (Phi) is 3.71. The van der Waals surface area contributed by atoms with E-state index in [1.54, 1.807) is 0 Å². The fraction of sp³-hybridized carbons (Fsp3) is 1.00. The smallest absolute Gasteiger partial charge is 0.123 e. The van der Waals surface area contributed by atoms with Crippen LogP contribution in [0.2, 0.25) is 0 Å². The molecule has 7 atom stereocenters. The Morgan fingerprint density at radius 3 is 2.30 bits per heavy atom. The Morgan fingerprint density at radius 1 is 0.826 bits per heavy atom. The van der Waals surface area contributed by atoms with Gasteiger partial charge in [0.25, 0.3) is 0 Å². The molecule has 0 aliphatic heterocycles. The summed E-state index contributed by atoms with van der Waals surface area (Å²) in [6, 6.07) is 0. The molecule has 0 bridgehead atoms. The largest absolute Gasteiger partial charge is 0.375 e. The third-order valence-corrected chi connectivity index (χ3v) is 9.43. The van der Waals surface area contributed by atoms with E-state index in [0.717, 1.165) is 30.1 Å². The van der Waals surface area contributed by atoms with E-state index in [0.29, 0.717) is 5.41 Å². The van der Waals surface area contributed by atoms with E-state index >= 15 is 0 Å². The van der Waals surface area contributed by atoms with E-state index in [2.05, 4.69) is 32.8 Å². The average Bonchev–Trinajstić information content (AvgIpc) is 2.80. The summed E-state index contributed by atoms with van der Waals surface area (Å²) >= 11 is 0. The van der Waals surface area contributed by atoms with Gasteiger partial charge in [-0.1, -0.05) is 26.7 Å². The molecule has 0 radical (unpaired) electrons. The lowest BCUT2D eigenvalue weighted by molar-refractivity contribution is -0.201. The Morgan fingerprint density at radius 2 is 1.57 bits per heavy atom. The first-order valence-corrected chi connectivity index (χ1v) is 10.2. The van der Waals surface area contributed by atoms with E-state index in [-0.39, 0.29) is 5.41 Å². The van der Waals surface area contributed by atoms with Gasteiger partial charge in [-0.25, -0.2) is 0 Å². The molecule has 132 valence electrons. The molecule has 4 saturated carbocycles. The number of nitrogens with zero attached hydrogens (tertiary/aromatic N) is 1. The first kappa shape index (κ1) is 16.4. The number of hydrogen-bond donors (Lipinski definition) is 1. The molecule has 2 unspecified atom stereocenters. The topological polar surface area (TPSA) is 23.5 Å². The summed E-state index contributed by atoms with van der Waals surface area (Å²) in [6.45, 7) is 5.06. The molecule has 0 amide bonds. The van der Waals surface area contributed by atoms with E-state index in [1.807, 2.05) is 0 Å². The highest BCUT2D eigenvalue weighted by atomic mass is 16.3. The van der Waals surface area contributed by atoms with Gasteiger partial charge in [-0.05, 0) is 94.5 Å². The van der Waals surface area contributed by atoms with Crippen LogP contribution in [0.25, 0.3) is 0 Å². The zero-order chi connectivity index (χ0) is 16.5. The summed E-state index contributed by atoms with van der Waals surface area (Å²) in [5, 5.41) is 11.4. The molecule has 0 aromatic carbocycles. The van der Waals surface area contributed by atoms with Gasteiger partial charge in [-0.3, -0.25) is 4.90 Å². The standard InChI is InChI=1S/C21H37NO/c1-19-12-6-5-7-15(19)8-9-16-17(19)10-13-20(2)18(16)11-14-21(20,23)22(3)4/h15-18,23H,5-14H2,1-4H3/t15?,16-,17-,18+,19+,20+,21?/m1/s1. The molecule has 0 saturated heterocycles. The van der Waals surface area contributed by atoms with Gasteiger partial charge in [0.1, 0.15) is 5.72 Å². The van der Waals surface area contributed by atoms with Crippen molar-refractivity contribution in [2.45, 2.75) is 83.8 Å². The van der Waals surface area contributed by atoms with Gasteiger partial charge >= 0.3 is 0 Å². The highest BCUT2D eigenvalue weighted by molar-refractivity contribution is 5.12.